The molecule has 1 aliphatic heterocycles. The highest BCUT2D eigenvalue weighted by atomic mass is 16.5. The fourth-order valence-corrected chi connectivity index (χ4v) is 5.78. The Kier molecular flexibility index (Phi) is 10.3. The van der Waals surface area contributed by atoms with Crippen LogP contribution in [0.25, 0.3) is 10.4 Å². The van der Waals surface area contributed by atoms with Crippen LogP contribution in [0.3, 0.4) is 0 Å². The Balaban J connectivity index is 1.51. The maximum Gasteiger partial charge on any atom is 0.266 e. The third-order valence-electron chi connectivity index (χ3n) is 8.05. The SMILES string of the molecule is [N-]=[N+]=Nc1ccccc1C[C@]1(C(=O)NNCC2CCCCC2)N=C(c2ccc(OCCCO)cc2)O[C@H]1c1ccccc1. The molecular formula is C33H38N6O4. The van der Waals surface area contributed by atoms with Gasteiger partial charge in [-0.1, -0.05) is 79.0 Å². The first kappa shape index (κ1) is 30.1. The van der Waals surface area contributed by atoms with Crippen molar-refractivity contribution in [3.8, 4) is 5.75 Å². The Morgan fingerprint density at radius 1 is 1.05 bits per heavy atom. The van der Waals surface area contributed by atoms with Crippen molar-refractivity contribution in [1.29, 1.82) is 0 Å². The Morgan fingerprint density at radius 2 is 1.79 bits per heavy atom. The zero-order chi connectivity index (χ0) is 29.9. The van der Waals surface area contributed by atoms with Gasteiger partial charge in [0, 0.05) is 42.2 Å². The second-order valence-electron chi connectivity index (χ2n) is 11.0. The summed E-state index contributed by atoms with van der Waals surface area (Å²) in [6, 6.07) is 24.2. The van der Waals surface area contributed by atoms with Gasteiger partial charge in [-0.3, -0.25) is 10.2 Å². The molecule has 1 heterocycles. The number of hydrogen-bond acceptors (Lipinski definition) is 7. The van der Waals surface area contributed by atoms with E-state index in [-0.39, 0.29) is 18.9 Å². The molecule has 1 amide bonds. The van der Waals surface area contributed by atoms with Crippen LogP contribution in [0.1, 0.15) is 61.3 Å². The van der Waals surface area contributed by atoms with Gasteiger partial charge < -0.3 is 14.6 Å². The lowest BCUT2D eigenvalue weighted by Gasteiger charge is -2.31. The number of hydrazine groups is 1. The highest BCUT2D eigenvalue weighted by Gasteiger charge is 2.53. The van der Waals surface area contributed by atoms with Gasteiger partial charge in [0.25, 0.3) is 5.91 Å². The van der Waals surface area contributed by atoms with E-state index < -0.39 is 11.6 Å². The molecule has 0 aromatic heterocycles. The number of carbonyl (C=O) groups is 1. The predicted molar refractivity (Wildman–Crippen MR) is 165 cm³/mol. The molecule has 0 saturated heterocycles. The van der Waals surface area contributed by atoms with Gasteiger partial charge in [0.15, 0.2) is 11.6 Å². The fourth-order valence-electron chi connectivity index (χ4n) is 5.78. The average Bonchev–Trinajstić information content (AvgIpc) is 3.44. The summed E-state index contributed by atoms with van der Waals surface area (Å²) in [5, 5.41) is 12.9. The van der Waals surface area contributed by atoms with E-state index in [9.17, 15) is 10.3 Å². The lowest BCUT2D eigenvalue weighted by Crippen LogP contribution is -2.54. The van der Waals surface area contributed by atoms with Gasteiger partial charge in [-0.2, -0.15) is 0 Å². The molecule has 1 saturated carbocycles. The molecule has 43 heavy (non-hydrogen) atoms. The molecule has 1 aliphatic carbocycles. The Morgan fingerprint density at radius 3 is 2.53 bits per heavy atom. The number of hydrogen-bond donors (Lipinski definition) is 3. The molecule has 2 atom stereocenters. The van der Waals surface area contributed by atoms with E-state index in [0.717, 1.165) is 18.4 Å². The highest BCUT2D eigenvalue weighted by molar-refractivity contribution is 6.01. The van der Waals surface area contributed by atoms with Gasteiger partial charge in [-0.25, -0.2) is 10.4 Å². The molecular weight excluding hydrogens is 544 g/mol. The van der Waals surface area contributed by atoms with Crippen molar-refractivity contribution in [3.63, 3.8) is 0 Å². The van der Waals surface area contributed by atoms with Crippen LogP contribution in [0.4, 0.5) is 5.69 Å². The molecule has 2 aliphatic rings. The summed E-state index contributed by atoms with van der Waals surface area (Å²) in [6.45, 7) is 1.15. The van der Waals surface area contributed by atoms with Gasteiger partial charge in [0.1, 0.15) is 5.75 Å². The van der Waals surface area contributed by atoms with E-state index in [0.29, 0.717) is 54.0 Å². The topological polar surface area (TPSA) is 141 Å². The van der Waals surface area contributed by atoms with E-state index in [1.165, 1.54) is 19.3 Å². The number of benzene rings is 3. The van der Waals surface area contributed by atoms with Crippen LogP contribution >= 0.6 is 0 Å². The summed E-state index contributed by atoms with van der Waals surface area (Å²) in [7, 11) is 0. The highest BCUT2D eigenvalue weighted by Crippen LogP contribution is 2.43. The molecule has 1 fully saturated rings. The number of ether oxygens (including phenoxy) is 2. The smallest absolute Gasteiger partial charge is 0.266 e. The lowest BCUT2D eigenvalue weighted by atomic mass is 9.81. The van der Waals surface area contributed by atoms with Gasteiger partial charge in [-0.15, -0.1) is 0 Å². The third kappa shape index (κ3) is 7.35. The summed E-state index contributed by atoms with van der Waals surface area (Å²) in [4.78, 5) is 22.4. The zero-order valence-corrected chi connectivity index (χ0v) is 24.2. The molecule has 3 aromatic carbocycles. The largest absolute Gasteiger partial charge is 0.494 e. The quantitative estimate of drug-likeness (QED) is 0.0735. The molecule has 0 unspecified atom stereocenters. The minimum absolute atomic E-state index is 0.0616. The summed E-state index contributed by atoms with van der Waals surface area (Å²) in [5.74, 6) is 1.18. The molecule has 10 heteroatoms. The maximum absolute atomic E-state index is 14.3. The first-order chi connectivity index (χ1) is 21.1. The van der Waals surface area contributed by atoms with Gasteiger partial charge in [0.2, 0.25) is 5.90 Å². The molecule has 3 N–H and O–H groups in total. The summed E-state index contributed by atoms with van der Waals surface area (Å²) >= 11 is 0. The second kappa shape index (κ2) is 14.7. The molecule has 224 valence electrons. The number of aliphatic imine (C=N–C) groups is 1. The lowest BCUT2D eigenvalue weighted by molar-refractivity contribution is -0.130. The average molecular weight is 583 g/mol. The minimum Gasteiger partial charge on any atom is -0.494 e. The molecule has 10 nitrogen and oxygen atoms in total. The number of aliphatic hydroxyl groups is 1. The molecule has 0 spiro atoms. The van der Waals surface area contributed by atoms with Crippen LogP contribution in [-0.4, -0.2) is 42.2 Å². The number of nitrogens with zero attached hydrogens (tertiary/aromatic N) is 4. The van der Waals surface area contributed by atoms with Crippen LogP contribution in [0.2, 0.25) is 0 Å². The number of carbonyl (C=O) groups excluding carboxylic acids is 1. The van der Waals surface area contributed by atoms with Gasteiger partial charge in [-0.05, 0) is 59.7 Å². The first-order valence-electron chi connectivity index (χ1n) is 14.9. The van der Waals surface area contributed by atoms with Crippen molar-refractivity contribution in [2.75, 3.05) is 19.8 Å². The van der Waals surface area contributed by atoms with Crippen molar-refractivity contribution in [2.24, 2.45) is 16.0 Å². The molecule has 3 aromatic rings. The monoisotopic (exact) mass is 582 g/mol. The van der Waals surface area contributed by atoms with Crippen molar-refractivity contribution < 1.29 is 19.4 Å². The minimum atomic E-state index is -1.41. The van der Waals surface area contributed by atoms with Crippen LogP contribution in [-0.2, 0) is 16.0 Å². The Bertz CT molecular complexity index is 1440. The standard InChI is InChI=1S/C33H38N6O4/c34-39-37-29-15-8-7-14-27(29)22-33(32(41)38-35-23-24-10-3-1-4-11-24)30(25-12-5-2-6-13-25)43-31(36-33)26-16-18-28(19-17-26)42-21-9-20-40/h2,5-8,12-19,24,30,35,40H,1,3-4,9-11,20-23H2,(H,38,41)/t30-,33-/m0/s1. The first-order valence-corrected chi connectivity index (χ1v) is 14.9. The normalized spacial score (nSPS) is 20.0. The van der Waals surface area contributed by atoms with E-state index in [1.807, 2.05) is 66.7 Å². The number of azide groups is 1. The molecule has 5 rings (SSSR count). The summed E-state index contributed by atoms with van der Waals surface area (Å²) < 4.78 is 12.3. The van der Waals surface area contributed by atoms with Crippen LogP contribution in [0.5, 0.6) is 5.75 Å². The van der Waals surface area contributed by atoms with Crippen molar-refractivity contribution >= 4 is 17.5 Å². The number of amides is 1. The van der Waals surface area contributed by atoms with Crippen molar-refractivity contribution in [3.05, 3.63) is 106 Å². The Labute approximate surface area is 251 Å². The summed E-state index contributed by atoms with van der Waals surface area (Å²) in [6.07, 6.45) is 5.91. The van der Waals surface area contributed by atoms with E-state index in [2.05, 4.69) is 20.9 Å². The Hall–Kier alpha value is -4.37. The number of aliphatic hydroxyl groups excluding tert-OH is 1. The third-order valence-corrected chi connectivity index (χ3v) is 8.05. The maximum atomic E-state index is 14.3. The van der Waals surface area contributed by atoms with Crippen molar-refractivity contribution in [1.82, 2.24) is 10.9 Å². The second-order valence-corrected chi connectivity index (χ2v) is 11.0. The van der Waals surface area contributed by atoms with Crippen molar-refractivity contribution in [2.45, 2.75) is 56.6 Å². The number of nitrogens with one attached hydrogen (secondary N) is 2. The van der Waals surface area contributed by atoms with E-state index in [1.54, 1.807) is 12.1 Å². The zero-order valence-electron chi connectivity index (χ0n) is 24.2. The number of rotatable bonds is 13. The van der Waals surface area contributed by atoms with Crippen LogP contribution in [0.15, 0.2) is 89.0 Å². The molecule has 0 bridgehead atoms. The predicted octanol–water partition coefficient (Wildman–Crippen LogP) is 6.09. The van der Waals surface area contributed by atoms with Gasteiger partial charge >= 0.3 is 0 Å². The van der Waals surface area contributed by atoms with E-state index >= 15 is 0 Å². The molecule has 0 radical (unpaired) electrons. The summed E-state index contributed by atoms with van der Waals surface area (Å²) in [5.41, 5.74) is 16.6. The van der Waals surface area contributed by atoms with Crippen LogP contribution in [0, 0.1) is 5.92 Å². The van der Waals surface area contributed by atoms with Gasteiger partial charge in [0.05, 0.1) is 6.61 Å². The van der Waals surface area contributed by atoms with E-state index in [4.69, 9.17) is 19.6 Å². The fraction of sp³-hybridized carbons (Fsp3) is 0.394. The van der Waals surface area contributed by atoms with Crippen LogP contribution < -0.4 is 15.6 Å².